The van der Waals surface area contributed by atoms with Gasteiger partial charge in [0.1, 0.15) is 17.2 Å². The largest absolute Gasteiger partial charge is 0.508 e. The van der Waals surface area contributed by atoms with E-state index in [2.05, 4.69) is 129 Å². The van der Waals surface area contributed by atoms with Crippen molar-refractivity contribution in [3.8, 4) is 39.5 Å². The molecule has 0 aromatic heterocycles. The molecule has 0 fully saturated rings. The Labute approximate surface area is 374 Å². The molecule has 0 unspecified atom stereocenters. The summed E-state index contributed by atoms with van der Waals surface area (Å²) in [5.41, 5.74) is 3.78. The van der Waals surface area contributed by atoms with Gasteiger partial charge in [0.05, 0.1) is 0 Å². The Balaban J connectivity index is 0.000000138. The lowest BCUT2D eigenvalue weighted by Gasteiger charge is -2.16. The van der Waals surface area contributed by atoms with E-state index in [1.165, 1.54) is 44.5 Å². The zero-order valence-electron chi connectivity index (χ0n) is 33.0. The molecule has 0 heterocycles. The summed E-state index contributed by atoms with van der Waals surface area (Å²) in [6.45, 7) is 0. The molecule has 300 valence electrons. The van der Waals surface area contributed by atoms with Gasteiger partial charge in [-0.25, -0.2) is 0 Å². The minimum Gasteiger partial charge on any atom is -0.508 e. The molecule has 0 atom stereocenters. The Morgan fingerprint density at radius 1 is 0.274 bits per heavy atom. The fraction of sp³-hybridized carbons (Fsp3) is 0. The Morgan fingerprint density at radius 2 is 0.565 bits per heavy atom. The molecule has 0 bridgehead atoms. The van der Waals surface area contributed by atoms with Crippen LogP contribution in [-0.4, -0.2) is 32.5 Å². The second-order valence-corrected chi connectivity index (χ2v) is 16.6. The van der Waals surface area contributed by atoms with Crippen molar-refractivity contribution < 1.29 is 25.4 Å². The van der Waals surface area contributed by atoms with Crippen LogP contribution in [0.5, 0.6) is 17.2 Å². The topological polar surface area (TPSA) is 101 Å². The summed E-state index contributed by atoms with van der Waals surface area (Å²) in [4.78, 5) is 0. The lowest BCUT2D eigenvalue weighted by atomic mass is 9.80. The van der Waals surface area contributed by atoms with Crippen molar-refractivity contribution in [3.63, 3.8) is 0 Å². The monoisotopic (exact) mass is 934 g/mol. The molecule has 5 N–H and O–H groups in total. The zero-order valence-corrected chi connectivity index (χ0v) is 36.2. The van der Waals surface area contributed by atoms with Crippen LogP contribution in [0.4, 0.5) is 0 Å². The highest BCUT2D eigenvalue weighted by molar-refractivity contribution is 9.11. The van der Waals surface area contributed by atoms with E-state index < -0.39 is 7.12 Å². The van der Waals surface area contributed by atoms with Gasteiger partial charge in [-0.3, -0.25) is 0 Å². The van der Waals surface area contributed by atoms with Gasteiger partial charge >= 0.3 is 7.12 Å². The number of phenols is 3. The van der Waals surface area contributed by atoms with Crippen LogP contribution in [0.1, 0.15) is 0 Å². The van der Waals surface area contributed by atoms with Crippen molar-refractivity contribution in [2.45, 2.75) is 0 Å². The molecule has 11 aromatic carbocycles. The van der Waals surface area contributed by atoms with Crippen molar-refractivity contribution >= 4 is 109 Å². The number of rotatable bonds is 3. The van der Waals surface area contributed by atoms with E-state index in [0.717, 1.165) is 63.5 Å². The van der Waals surface area contributed by atoms with Gasteiger partial charge in [0, 0.05) is 25.5 Å². The molecule has 11 rings (SSSR count). The van der Waals surface area contributed by atoms with Crippen LogP contribution in [0.3, 0.4) is 0 Å². The van der Waals surface area contributed by atoms with Crippen molar-refractivity contribution in [1.82, 2.24) is 0 Å². The molecule has 0 aliphatic heterocycles. The molecule has 0 saturated heterocycles. The van der Waals surface area contributed by atoms with Crippen molar-refractivity contribution in [2.75, 3.05) is 0 Å². The van der Waals surface area contributed by atoms with E-state index in [-0.39, 0.29) is 22.7 Å². The number of hydrogen-bond donors (Lipinski definition) is 5. The van der Waals surface area contributed by atoms with Gasteiger partial charge in [-0.1, -0.05) is 184 Å². The zero-order chi connectivity index (χ0) is 42.9. The smallest absolute Gasteiger partial charge is 0.492 e. The quantitative estimate of drug-likeness (QED) is 0.0897. The summed E-state index contributed by atoms with van der Waals surface area (Å²) < 4.78 is 2.29. The van der Waals surface area contributed by atoms with Crippen LogP contribution in [0.25, 0.3) is 86.9 Å². The van der Waals surface area contributed by atoms with E-state index in [1.807, 2.05) is 60.7 Å². The molecule has 5 nitrogen and oxygen atoms in total. The average molecular weight is 937 g/mol. The molecule has 0 amide bonds. The van der Waals surface area contributed by atoms with Crippen LogP contribution >= 0.6 is 31.9 Å². The fourth-order valence-electron chi connectivity index (χ4n) is 8.37. The summed E-state index contributed by atoms with van der Waals surface area (Å²) in [6.07, 6.45) is 0. The third-order valence-corrected chi connectivity index (χ3v) is 12.6. The second kappa shape index (κ2) is 17.4. The van der Waals surface area contributed by atoms with Gasteiger partial charge in [-0.2, -0.15) is 0 Å². The Hall–Kier alpha value is -6.68. The van der Waals surface area contributed by atoms with Gasteiger partial charge in [-0.15, -0.1) is 0 Å². The first-order valence-corrected chi connectivity index (χ1v) is 21.5. The van der Waals surface area contributed by atoms with E-state index in [1.54, 1.807) is 24.3 Å². The second-order valence-electron chi connectivity index (χ2n) is 14.9. The molecule has 0 radical (unpaired) electrons. The molecular weight excluding hydrogens is 899 g/mol. The SMILES string of the molecule is Brc1cc2c3ccccc3c(Br)cc2c2ccccc12.OB(O)c1ccccc1O.Oc1ccccc1-c1cc2c3ccccc3c(-c3ccccc3O)cc2c2ccccc12. The van der Waals surface area contributed by atoms with Gasteiger partial charge in [-0.05, 0) is 118 Å². The molecular formula is C54H37BBr2O5. The number of phenolic OH excluding ortho intramolecular Hbond substituents is 3. The number of hydrogen-bond acceptors (Lipinski definition) is 5. The molecule has 8 heteroatoms. The molecule has 0 aliphatic carbocycles. The third-order valence-electron chi connectivity index (χ3n) is 11.3. The predicted octanol–water partition coefficient (Wildman–Crippen LogP) is 13.6. The van der Waals surface area contributed by atoms with Crippen LogP contribution in [0.15, 0.2) is 203 Å². The minimum absolute atomic E-state index is 0.0995. The van der Waals surface area contributed by atoms with Crippen molar-refractivity contribution in [3.05, 3.63) is 203 Å². The maximum absolute atomic E-state index is 10.6. The highest BCUT2D eigenvalue weighted by Gasteiger charge is 2.17. The Kier molecular flexibility index (Phi) is 11.4. The summed E-state index contributed by atoms with van der Waals surface area (Å²) >= 11 is 7.42. The maximum atomic E-state index is 10.6. The van der Waals surface area contributed by atoms with Gasteiger partial charge < -0.3 is 25.4 Å². The first-order valence-electron chi connectivity index (χ1n) is 20.0. The van der Waals surface area contributed by atoms with E-state index in [0.29, 0.717) is 0 Å². The predicted molar refractivity (Wildman–Crippen MR) is 265 cm³/mol. The third kappa shape index (κ3) is 7.63. The number of aromatic hydroxyl groups is 3. The number of halogens is 2. The lowest BCUT2D eigenvalue weighted by molar-refractivity contribution is 0.419. The van der Waals surface area contributed by atoms with E-state index in [4.69, 9.17) is 15.2 Å². The van der Waals surface area contributed by atoms with Crippen LogP contribution in [0, 0.1) is 0 Å². The standard InChI is InChI=1S/C30H20O2.C18H10Br2.C6H7BO3/c31-29-15-7-5-13-23(29)25-17-28-22-12-4-2-10-20(22)26(24-14-6-8-16-30(24)32)18-27(28)21-11-3-1-9-19(21)25;19-17-10-16-12-6-2-4-8-14(12)18(20)9-15(16)11-5-1-3-7-13(11)17;8-6-4-2-1-3-5(6)7(9)10/h1-18,31-32H;1-10H;1-4,8-10H. The number of fused-ring (bicyclic) bond motifs is 10. The highest BCUT2D eigenvalue weighted by atomic mass is 79.9. The summed E-state index contributed by atoms with van der Waals surface area (Å²) in [6, 6.07) is 63.5. The van der Waals surface area contributed by atoms with Gasteiger partial charge in [0.15, 0.2) is 0 Å². The van der Waals surface area contributed by atoms with Crippen molar-refractivity contribution in [2.24, 2.45) is 0 Å². The fourth-order valence-corrected chi connectivity index (χ4v) is 9.52. The van der Waals surface area contributed by atoms with Crippen LogP contribution in [0.2, 0.25) is 0 Å². The lowest BCUT2D eigenvalue weighted by Crippen LogP contribution is -2.29. The van der Waals surface area contributed by atoms with Crippen molar-refractivity contribution in [1.29, 1.82) is 0 Å². The molecule has 0 spiro atoms. The minimum atomic E-state index is -1.60. The van der Waals surface area contributed by atoms with Crippen LogP contribution < -0.4 is 5.46 Å². The summed E-state index contributed by atoms with van der Waals surface area (Å²) in [5, 5.41) is 61.7. The Bertz CT molecular complexity index is 3270. The first-order chi connectivity index (χ1) is 30.2. The van der Waals surface area contributed by atoms with Crippen LogP contribution in [-0.2, 0) is 0 Å². The molecule has 0 saturated carbocycles. The number of benzene rings is 11. The molecule has 62 heavy (non-hydrogen) atoms. The highest BCUT2D eigenvalue weighted by Crippen LogP contribution is 2.45. The molecule has 0 aliphatic rings. The van der Waals surface area contributed by atoms with E-state index >= 15 is 0 Å². The average Bonchev–Trinajstić information content (AvgIpc) is 3.30. The van der Waals surface area contributed by atoms with Gasteiger partial charge in [0.2, 0.25) is 0 Å². The number of para-hydroxylation sites is 3. The van der Waals surface area contributed by atoms with Gasteiger partial charge in [0.25, 0.3) is 0 Å². The Morgan fingerprint density at radius 3 is 0.919 bits per heavy atom. The first kappa shape index (κ1) is 40.7. The summed E-state index contributed by atoms with van der Waals surface area (Å²) in [7, 11) is -1.60. The normalized spacial score (nSPS) is 11.1. The summed E-state index contributed by atoms with van der Waals surface area (Å²) in [5.74, 6) is 0.441. The maximum Gasteiger partial charge on any atom is 0.492 e. The van der Waals surface area contributed by atoms with E-state index in [9.17, 15) is 10.2 Å². The molecule has 11 aromatic rings.